The Hall–Kier alpha value is -1.30. The van der Waals surface area contributed by atoms with Crippen molar-refractivity contribution in [2.75, 3.05) is 24.7 Å². The minimum atomic E-state index is -0.438. The summed E-state index contributed by atoms with van der Waals surface area (Å²) in [5.41, 5.74) is 5.98. The quantitative estimate of drug-likeness (QED) is 0.579. The molecule has 0 spiro atoms. The molecule has 1 aromatic rings. The van der Waals surface area contributed by atoms with Crippen LogP contribution < -0.4 is 11.1 Å². The van der Waals surface area contributed by atoms with Gasteiger partial charge in [0.2, 0.25) is 0 Å². The van der Waals surface area contributed by atoms with E-state index in [0.29, 0.717) is 10.6 Å². The van der Waals surface area contributed by atoms with Gasteiger partial charge in [0.1, 0.15) is 10.6 Å². The van der Waals surface area contributed by atoms with Crippen LogP contribution >= 0.6 is 11.5 Å². The van der Waals surface area contributed by atoms with E-state index in [1.165, 1.54) is 37.9 Å². The molecule has 0 amide bonds. The summed E-state index contributed by atoms with van der Waals surface area (Å²) in [5, 5.41) is 3.88. The van der Waals surface area contributed by atoms with Crippen molar-refractivity contribution < 1.29 is 9.53 Å². The minimum Gasteiger partial charge on any atom is -0.465 e. The third-order valence-corrected chi connectivity index (χ3v) is 3.24. The van der Waals surface area contributed by atoms with Crippen LogP contribution in [0.3, 0.4) is 0 Å². The van der Waals surface area contributed by atoms with Crippen LogP contribution in [0, 0.1) is 0 Å². The molecule has 0 aliphatic heterocycles. The first-order valence-electron chi connectivity index (χ1n) is 5.78. The monoisotopic (exact) mass is 257 g/mol. The Bertz CT molecular complexity index is 366. The summed E-state index contributed by atoms with van der Waals surface area (Å²) in [6, 6.07) is 0. The second-order valence-electron chi connectivity index (χ2n) is 3.75. The van der Waals surface area contributed by atoms with Gasteiger partial charge >= 0.3 is 5.97 Å². The van der Waals surface area contributed by atoms with E-state index in [1.54, 1.807) is 0 Å². The first kappa shape index (κ1) is 13.8. The molecule has 17 heavy (non-hydrogen) atoms. The largest absolute Gasteiger partial charge is 0.465 e. The van der Waals surface area contributed by atoms with Crippen molar-refractivity contribution in [3.05, 3.63) is 5.56 Å². The summed E-state index contributed by atoms with van der Waals surface area (Å²) < 4.78 is 8.63. The predicted octanol–water partition coefficient (Wildman–Crippen LogP) is 2.50. The van der Waals surface area contributed by atoms with Crippen LogP contribution in [0.25, 0.3) is 0 Å². The fraction of sp³-hybridized carbons (Fsp3) is 0.636. The maximum absolute atomic E-state index is 11.5. The molecular formula is C11H19N3O2S. The molecule has 0 radical (unpaired) electrons. The van der Waals surface area contributed by atoms with E-state index < -0.39 is 5.97 Å². The van der Waals surface area contributed by atoms with Crippen LogP contribution in [0.4, 0.5) is 10.8 Å². The molecule has 1 aromatic heterocycles. The number of anilines is 2. The number of nitrogens with one attached hydrogen (secondary N) is 1. The summed E-state index contributed by atoms with van der Waals surface area (Å²) >= 11 is 1.20. The maximum Gasteiger partial charge on any atom is 0.344 e. The molecule has 1 rings (SSSR count). The van der Waals surface area contributed by atoms with Crippen molar-refractivity contribution in [1.29, 1.82) is 0 Å². The van der Waals surface area contributed by atoms with E-state index in [0.717, 1.165) is 13.0 Å². The number of hydrogen-bond donors (Lipinski definition) is 2. The van der Waals surface area contributed by atoms with Gasteiger partial charge in [-0.3, -0.25) is 0 Å². The lowest BCUT2D eigenvalue weighted by molar-refractivity contribution is 0.0603. The highest BCUT2D eigenvalue weighted by molar-refractivity contribution is 7.11. The van der Waals surface area contributed by atoms with Gasteiger partial charge in [0.15, 0.2) is 5.82 Å². The molecule has 0 saturated carbocycles. The normalized spacial score (nSPS) is 10.2. The standard InChI is InChI=1S/C11H19N3O2S/c1-3-4-5-6-7-13-10-8(11(15)16-2)9(12)14-17-10/h13H,3-7H2,1-2H3,(H2,12,14). The van der Waals surface area contributed by atoms with Crippen molar-refractivity contribution in [2.24, 2.45) is 0 Å². The lowest BCUT2D eigenvalue weighted by Crippen LogP contribution is -2.08. The lowest BCUT2D eigenvalue weighted by Gasteiger charge is -2.05. The average molecular weight is 257 g/mol. The number of ether oxygens (including phenoxy) is 1. The number of aromatic nitrogens is 1. The molecular weight excluding hydrogens is 238 g/mol. The molecule has 1 heterocycles. The number of carbonyl (C=O) groups is 1. The fourth-order valence-electron chi connectivity index (χ4n) is 1.48. The molecule has 6 heteroatoms. The van der Waals surface area contributed by atoms with Crippen LogP contribution in [-0.4, -0.2) is 24.0 Å². The van der Waals surface area contributed by atoms with Crippen molar-refractivity contribution in [1.82, 2.24) is 4.37 Å². The van der Waals surface area contributed by atoms with E-state index in [4.69, 9.17) is 5.73 Å². The number of methoxy groups -OCH3 is 1. The molecule has 3 N–H and O–H groups in total. The number of nitrogens with two attached hydrogens (primary N) is 1. The molecule has 96 valence electrons. The Morgan fingerprint density at radius 1 is 1.47 bits per heavy atom. The van der Waals surface area contributed by atoms with E-state index >= 15 is 0 Å². The molecule has 0 aromatic carbocycles. The fourth-order valence-corrected chi connectivity index (χ4v) is 2.20. The first-order chi connectivity index (χ1) is 8.20. The highest BCUT2D eigenvalue weighted by Crippen LogP contribution is 2.27. The number of rotatable bonds is 7. The van der Waals surface area contributed by atoms with Crippen LogP contribution in [-0.2, 0) is 4.74 Å². The number of nitrogens with zero attached hydrogens (tertiary/aromatic N) is 1. The number of unbranched alkanes of at least 4 members (excludes halogenated alkanes) is 3. The number of esters is 1. The average Bonchev–Trinajstić information content (AvgIpc) is 2.69. The Morgan fingerprint density at radius 3 is 2.88 bits per heavy atom. The summed E-state index contributed by atoms with van der Waals surface area (Å²) in [5.74, 6) is -0.204. The third kappa shape index (κ3) is 3.89. The highest BCUT2D eigenvalue weighted by Gasteiger charge is 2.19. The zero-order valence-electron chi connectivity index (χ0n) is 10.3. The summed E-state index contributed by atoms with van der Waals surface area (Å²) in [6.45, 7) is 3.00. The van der Waals surface area contributed by atoms with Gasteiger partial charge in [-0.1, -0.05) is 26.2 Å². The molecule has 0 unspecified atom stereocenters. The van der Waals surface area contributed by atoms with Crippen LogP contribution in [0.5, 0.6) is 0 Å². The highest BCUT2D eigenvalue weighted by atomic mass is 32.1. The Labute approximate surface area is 106 Å². The Balaban J connectivity index is 2.50. The van der Waals surface area contributed by atoms with Crippen molar-refractivity contribution in [2.45, 2.75) is 32.6 Å². The molecule has 5 nitrogen and oxygen atoms in total. The number of hydrogen-bond acceptors (Lipinski definition) is 6. The predicted molar refractivity (Wildman–Crippen MR) is 70.5 cm³/mol. The van der Waals surface area contributed by atoms with Gasteiger partial charge in [-0.05, 0) is 18.0 Å². The van der Waals surface area contributed by atoms with Gasteiger partial charge in [-0.15, -0.1) is 0 Å². The summed E-state index contributed by atoms with van der Waals surface area (Å²) in [7, 11) is 1.34. The van der Waals surface area contributed by atoms with Crippen LogP contribution in [0.15, 0.2) is 0 Å². The van der Waals surface area contributed by atoms with Crippen molar-refractivity contribution in [3.8, 4) is 0 Å². The summed E-state index contributed by atoms with van der Waals surface area (Å²) in [4.78, 5) is 11.5. The van der Waals surface area contributed by atoms with E-state index in [2.05, 4.69) is 21.4 Å². The van der Waals surface area contributed by atoms with Gasteiger partial charge in [-0.25, -0.2) is 4.79 Å². The van der Waals surface area contributed by atoms with E-state index in [9.17, 15) is 4.79 Å². The van der Waals surface area contributed by atoms with Crippen LogP contribution in [0.1, 0.15) is 43.0 Å². The smallest absolute Gasteiger partial charge is 0.344 e. The van der Waals surface area contributed by atoms with Crippen molar-refractivity contribution >= 4 is 28.3 Å². The van der Waals surface area contributed by atoms with E-state index in [1.807, 2.05) is 0 Å². The number of nitrogen functional groups attached to an aromatic ring is 1. The molecule has 0 aliphatic rings. The zero-order valence-corrected chi connectivity index (χ0v) is 11.1. The maximum atomic E-state index is 11.5. The van der Waals surface area contributed by atoms with Crippen molar-refractivity contribution in [3.63, 3.8) is 0 Å². The molecule has 0 fully saturated rings. The Kier molecular flexibility index (Phi) is 5.76. The minimum absolute atomic E-state index is 0.234. The van der Waals surface area contributed by atoms with Crippen LogP contribution in [0.2, 0.25) is 0 Å². The second-order valence-corrected chi connectivity index (χ2v) is 4.52. The Morgan fingerprint density at radius 2 is 2.24 bits per heavy atom. The van der Waals surface area contributed by atoms with Gasteiger partial charge in [-0.2, -0.15) is 4.37 Å². The van der Waals surface area contributed by atoms with Gasteiger partial charge in [0, 0.05) is 6.54 Å². The topological polar surface area (TPSA) is 77.2 Å². The molecule has 0 aliphatic carbocycles. The first-order valence-corrected chi connectivity index (χ1v) is 6.55. The zero-order chi connectivity index (χ0) is 12.7. The molecule has 0 saturated heterocycles. The second kappa shape index (κ2) is 7.11. The van der Waals surface area contributed by atoms with Gasteiger partial charge in [0.25, 0.3) is 0 Å². The molecule has 0 atom stereocenters. The van der Waals surface area contributed by atoms with Gasteiger partial charge in [0.05, 0.1) is 7.11 Å². The lowest BCUT2D eigenvalue weighted by atomic mass is 10.2. The third-order valence-electron chi connectivity index (χ3n) is 2.42. The summed E-state index contributed by atoms with van der Waals surface area (Å²) in [6.07, 6.45) is 4.70. The van der Waals surface area contributed by atoms with E-state index in [-0.39, 0.29) is 5.82 Å². The SMILES string of the molecule is CCCCCCNc1snc(N)c1C(=O)OC. The number of carbonyl (C=O) groups excluding carboxylic acids is 1. The molecule has 0 bridgehead atoms. The van der Waals surface area contributed by atoms with Gasteiger partial charge < -0.3 is 15.8 Å².